The van der Waals surface area contributed by atoms with Crippen molar-refractivity contribution in [2.75, 3.05) is 5.32 Å². The van der Waals surface area contributed by atoms with E-state index in [1.807, 2.05) is 39.0 Å². The fraction of sp³-hybridized carbons (Fsp3) is 0.208. The van der Waals surface area contributed by atoms with Gasteiger partial charge in [0.15, 0.2) is 0 Å². The van der Waals surface area contributed by atoms with Gasteiger partial charge in [0, 0.05) is 29.8 Å². The van der Waals surface area contributed by atoms with Gasteiger partial charge in [-0.2, -0.15) is 0 Å². The van der Waals surface area contributed by atoms with Crippen LogP contribution in [0.5, 0.6) is 0 Å². The molecule has 30 heavy (non-hydrogen) atoms. The quantitative estimate of drug-likeness (QED) is 0.453. The molecule has 1 aromatic carbocycles. The number of H-pyrrole nitrogens is 1. The molecular formula is C24H23FN4O. The molecule has 0 spiro atoms. The van der Waals surface area contributed by atoms with Crippen LogP contribution < -0.4 is 5.32 Å². The van der Waals surface area contributed by atoms with Gasteiger partial charge in [0.2, 0.25) is 5.91 Å². The highest BCUT2D eigenvalue weighted by Crippen LogP contribution is 2.38. The first-order chi connectivity index (χ1) is 14.3. The maximum absolute atomic E-state index is 13.5. The third-order valence-electron chi connectivity index (χ3n) is 4.72. The average molecular weight is 402 g/mol. The number of amides is 1. The molecule has 6 heteroatoms. The Kier molecular flexibility index (Phi) is 5.08. The first kappa shape index (κ1) is 19.8. The normalized spacial score (nSPS) is 11.6. The van der Waals surface area contributed by atoms with Crippen molar-refractivity contribution in [3.05, 3.63) is 66.7 Å². The molecule has 0 aliphatic carbocycles. The second-order valence-corrected chi connectivity index (χ2v) is 8.50. The van der Waals surface area contributed by atoms with Gasteiger partial charge in [-0.25, -0.2) is 9.37 Å². The van der Waals surface area contributed by atoms with E-state index in [4.69, 9.17) is 0 Å². The van der Waals surface area contributed by atoms with E-state index in [9.17, 15) is 9.18 Å². The lowest BCUT2D eigenvalue weighted by atomic mass is 9.92. The standard InChI is InChI=1S/C24H23FN4O/c1-24(2,3)14-20(30)27-19-9-8-18-21(15-10-12-26-13-11-15)22(29-23(18)28-19)16-4-6-17(25)7-5-16/h4-13H,14H2,1-3H3,(H2,27,28,29,30). The summed E-state index contributed by atoms with van der Waals surface area (Å²) in [5, 5.41) is 3.79. The van der Waals surface area contributed by atoms with Crippen LogP contribution >= 0.6 is 0 Å². The molecule has 0 atom stereocenters. The van der Waals surface area contributed by atoms with Gasteiger partial charge >= 0.3 is 0 Å². The molecule has 0 aliphatic rings. The minimum atomic E-state index is -0.290. The predicted octanol–water partition coefficient (Wildman–Crippen LogP) is 5.81. The van der Waals surface area contributed by atoms with E-state index >= 15 is 0 Å². The lowest BCUT2D eigenvalue weighted by molar-refractivity contribution is -0.117. The molecule has 0 saturated heterocycles. The van der Waals surface area contributed by atoms with Crippen molar-refractivity contribution < 1.29 is 9.18 Å². The number of carbonyl (C=O) groups is 1. The van der Waals surface area contributed by atoms with Crippen molar-refractivity contribution in [2.24, 2.45) is 5.41 Å². The van der Waals surface area contributed by atoms with E-state index in [1.165, 1.54) is 12.1 Å². The number of aromatic amines is 1. The molecule has 4 rings (SSSR count). The van der Waals surface area contributed by atoms with Crippen LogP contribution in [-0.2, 0) is 4.79 Å². The number of halogens is 1. The van der Waals surface area contributed by atoms with Crippen molar-refractivity contribution in [3.8, 4) is 22.4 Å². The van der Waals surface area contributed by atoms with Crippen LogP contribution in [0.4, 0.5) is 10.2 Å². The molecule has 0 radical (unpaired) electrons. The first-order valence-corrected chi connectivity index (χ1v) is 9.79. The molecule has 3 heterocycles. The number of carbonyl (C=O) groups excluding carboxylic acids is 1. The molecule has 5 nitrogen and oxygen atoms in total. The summed E-state index contributed by atoms with van der Waals surface area (Å²) >= 11 is 0. The van der Waals surface area contributed by atoms with E-state index in [0.717, 1.165) is 27.8 Å². The molecule has 3 aromatic heterocycles. The van der Waals surface area contributed by atoms with Gasteiger partial charge in [-0.05, 0) is 65.1 Å². The summed E-state index contributed by atoms with van der Waals surface area (Å²) in [6.07, 6.45) is 3.87. The summed E-state index contributed by atoms with van der Waals surface area (Å²) in [7, 11) is 0. The number of rotatable bonds is 4. The summed E-state index contributed by atoms with van der Waals surface area (Å²) in [5.41, 5.74) is 4.15. The Balaban J connectivity index is 1.80. The van der Waals surface area contributed by atoms with Gasteiger partial charge in [-0.3, -0.25) is 9.78 Å². The molecular weight excluding hydrogens is 379 g/mol. The van der Waals surface area contributed by atoms with Crippen LogP contribution in [0.3, 0.4) is 0 Å². The van der Waals surface area contributed by atoms with Crippen molar-refractivity contribution in [2.45, 2.75) is 27.2 Å². The van der Waals surface area contributed by atoms with Crippen LogP contribution in [0, 0.1) is 11.2 Å². The van der Waals surface area contributed by atoms with E-state index in [-0.39, 0.29) is 17.1 Å². The molecule has 0 aliphatic heterocycles. The zero-order chi connectivity index (χ0) is 21.3. The number of nitrogens with zero attached hydrogens (tertiary/aromatic N) is 2. The Bertz CT molecular complexity index is 1190. The largest absolute Gasteiger partial charge is 0.339 e. The molecule has 0 bridgehead atoms. The molecule has 1 amide bonds. The molecule has 0 saturated carbocycles. The number of hydrogen-bond acceptors (Lipinski definition) is 3. The van der Waals surface area contributed by atoms with Crippen molar-refractivity contribution in [1.29, 1.82) is 0 Å². The number of benzene rings is 1. The Hall–Kier alpha value is -3.54. The topological polar surface area (TPSA) is 70.7 Å². The fourth-order valence-corrected chi connectivity index (χ4v) is 3.46. The van der Waals surface area contributed by atoms with Crippen molar-refractivity contribution in [3.63, 3.8) is 0 Å². The Labute approximate surface area is 174 Å². The summed E-state index contributed by atoms with van der Waals surface area (Å²) in [5.74, 6) is 0.126. The summed E-state index contributed by atoms with van der Waals surface area (Å²) < 4.78 is 13.5. The Morgan fingerprint density at radius 1 is 1.00 bits per heavy atom. The second-order valence-electron chi connectivity index (χ2n) is 8.50. The van der Waals surface area contributed by atoms with Crippen LogP contribution in [0.25, 0.3) is 33.4 Å². The highest BCUT2D eigenvalue weighted by molar-refractivity contribution is 6.03. The lowest BCUT2D eigenvalue weighted by Gasteiger charge is -2.16. The third-order valence-corrected chi connectivity index (χ3v) is 4.72. The van der Waals surface area contributed by atoms with Crippen LogP contribution in [-0.4, -0.2) is 20.9 Å². The number of nitrogens with one attached hydrogen (secondary N) is 2. The maximum Gasteiger partial charge on any atom is 0.226 e. The van der Waals surface area contributed by atoms with E-state index < -0.39 is 0 Å². The minimum absolute atomic E-state index is 0.0750. The Morgan fingerprint density at radius 2 is 1.70 bits per heavy atom. The average Bonchev–Trinajstić information content (AvgIpc) is 3.06. The summed E-state index contributed by atoms with van der Waals surface area (Å²) in [6, 6.07) is 13.9. The summed E-state index contributed by atoms with van der Waals surface area (Å²) in [4.78, 5) is 24.4. The zero-order valence-corrected chi connectivity index (χ0v) is 17.2. The highest BCUT2D eigenvalue weighted by atomic mass is 19.1. The van der Waals surface area contributed by atoms with E-state index in [2.05, 4.69) is 20.3 Å². The minimum Gasteiger partial charge on any atom is -0.339 e. The predicted molar refractivity (Wildman–Crippen MR) is 117 cm³/mol. The van der Waals surface area contributed by atoms with Gasteiger partial charge < -0.3 is 10.3 Å². The molecule has 0 fully saturated rings. The second kappa shape index (κ2) is 7.71. The third kappa shape index (κ3) is 4.22. The Morgan fingerprint density at radius 3 is 2.37 bits per heavy atom. The lowest BCUT2D eigenvalue weighted by Crippen LogP contribution is -2.20. The maximum atomic E-state index is 13.5. The number of anilines is 1. The number of hydrogen-bond donors (Lipinski definition) is 2. The molecule has 2 N–H and O–H groups in total. The van der Waals surface area contributed by atoms with Gasteiger partial charge in [0.05, 0.1) is 5.69 Å². The van der Waals surface area contributed by atoms with Gasteiger partial charge in [0.1, 0.15) is 17.3 Å². The molecule has 4 aromatic rings. The van der Waals surface area contributed by atoms with Crippen molar-refractivity contribution in [1.82, 2.24) is 15.0 Å². The van der Waals surface area contributed by atoms with Gasteiger partial charge in [-0.1, -0.05) is 20.8 Å². The summed E-state index contributed by atoms with van der Waals surface area (Å²) in [6.45, 7) is 6.05. The molecule has 152 valence electrons. The van der Waals surface area contributed by atoms with E-state index in [1.54, 1.807) is 30.6 Å². The monoisotopic (exact) mass is 402 g/mol. The number of aromatic nitrogens is 3. The van der Waals surface area contributed by atoms with Crippen molar-refractivity contribution >= 4 is 22.8 Å². The molecule has 0 unspecified atom stereocenters. The zero-order valence-electron chi connectivity index (χ0n) is 17.2. The SMILES string of the molecule is CC(C)(C)CC(=O)Nc1ccc2c(-c3ccncc3)c(-c3ccc(F)cc3)[nH]c2n1. The van der Waals surface area contributed by atoms with Crippen LogP contribution in [0.15, 0.2) is 60.9 Å². The van der Waals surface area contributed by atoms with Crippen LogP contribution in [0.1, 0.15) is 27.2 Å². The fourth-order valence-electron chi connectivity index (χ4n) is 3.46. The van der Waals surface area contributed by atoms with E-state index in [0.29, 0.717) is 17.9 Å². The first-order valence-electron chi connectivity index (χ1n) is 9.79. The smallest absolute Gasteiger partial charge is 0.226 e. The highest BCUT2D eigenvalue weighted by Gasteiger charge is 2.19. The number of pyridine rings is 2. The van der Waals surface area contributed by atoms with Gasteiger partial charge in [-0.15, -0.1) is 0 Å². The van der Waals surface area contributed by atoms with Crippen LogP contribution in [0.2, 0.25) is 0 Å². The number of fused-ring (bicyclic) bond motifs is 1. The van der Waals surface area contributed by atoms with Gasteiger partial charge in [0.25, 0.3) is 0 Å².